The lowest BCUT2D eigenvalue weighted by Crippen LogP contribution is -2.26. The van der Waals surface area contributed by atoms with Crippen molar-refractivity contribution in [1.29, 1.82) is 0 Å². The number of rotatable bonds is 8. The monoisotopic (exact) mass is 416 g/mol. The zero-order valence-corrected chi connectivity index (χ0v) is 17.1. The normalized spacial score (nSPS) is 12.1. The number of ether oxygens (including phenoxy) is 5. The molecule has 1 aliphatic rings. The Balaban J connectivity index is 1.80. The second-order valence-electron chi connectivity index (χ2n) is 6.60. The Morgan fingerprint density at radius 2 is 1.67 bits per heavy atom. The van der Waals surface area contributed by atoms with Crippen LogP contribution in [0.5, 0.6) is 28.7 Å². The summed E-state index contributed by atoms with van der Waals surface area (Å²) in [5.41, 5.74) is 6.38. The van der Waals surface area contributed by atoms with Crippen molar-refractivity contribution in [2.45, 2.75) is 6.54 Å². The van der Waals surface area contributed by atoms with Gasteiger partial charge in [-0.05, 0) is 29.8 Å². The van der Waals surface area contributed by atoms with Crippen LogP contribution in [0.15, 0.2) is 30.3 Å². The highest BCUT2D eigenvalue weighted by Gasteiger charge is 2.21. The average molecular weight is 416 g/mol. The first-order valence-electron chi connectivity index (χ1n) is 9.24. The molecule has 2 aromatic carbocycles. The summed E-state index contributed by atoms with van der Waals surface area (Å²) in [7, 11) is 4.55. The molecule has 0 unspecified atom stereocenters. The molecule has 0 aromatic heterocycles. The number of hydrogen-bond acceptors (Lipinski definition) is 7. The quantitative estimate of drug-likeness (QED) is 0.696. The van der Waals surface area contributed by atoms with Gasteiger partial charge in [0.1, 0.15) is 13.2 Å². The zero-order chi connectivity index (χ0) is 21.7. The SMILES string of the molecule is COc1cc(C(=O)N(C)Cc2ccc3c(c2)OCCO3)cc(OC)c1OCC(N)=O. The van der Waals surface area contributed by atoms with Crippen LogP contribution in [0, 0.1) is 0 Å². The minimum atomic E-state index is -0.640. The van der Waals surface area contributed by atoms with E-state index in [2.05, 4.69) is 0 Å². The molecule has 160 valence electrons. The standard InChI is InChI=1S/C21H24N2O7/c1-23(11-13-4-5-15-16(8-13)29-7-6-28-15)21(25)14-9-17(26-2)20(18(10-14)27-3)30-12-19(22)24/h4-5,8-10H,6-7,11-12H2,1-3H3,(H2,22,24). The van der Waals surface area contributed by atoms with Gasteiger partial charge in [-0.3, -0.25) is 9.59 Å². The van der Waals surface area contributed by atoms with Gasteiger partial charge in [0.15, 0.2) is 29.6 Å². The van der Waals surface area contributed by atoms with Crippen molar-refractivity contribution in [1.82, 2.24) is 4.90 Å². The topological polar surface area (TPSA) is 110 Å². The molecule has 3 rings (SSSR count). The van der Waals surface area contributed by atoms with E-state index in [4.69, 9.17) is 29.4 Å². The Hall–Kier alpha value is -3.62. The average Bonchev–Trinajstić information content (AvgIpc) is 2.76. The fourth-order valence-electron chi connectivity index (χ4n) is 3.04. The van der Waals surface area contributed by atoms with Crippen LogP contribution in [-0.2, 0) is 11.3 Å². The molecule has 9 nitrogen and oxygen atoms in total. The van der Waals surface area contributed by atoms with E-state index in [1.807, 2.05) is 18.2 Å². The van der Waals surface area contributed by atoms with Crippen molar-refractivity contribution >= 4 is 11.8 Å². The molecule has 0 atom stereocenters. The van der Waals surface area contributed by atoms with Crippen LogP contribution in [0.3, 0.4) is 0 Å². The molecule has 0 fully saturated rings. The van der Waals surface area contributed by atoms with Crippen LogP contribution in [0.2, 0.25) is 0 Å². The molecule has 9 heteroatoms. The number of hydrogen-bond donors (Lipinski definition) is 1. The van der Waals surface area contributed by atoms with Crippen LogP contribution < -0.4 is 29.4 Å². The number of primary amides is 1. The summed E-state index contributed by atoms with van der Waals surface area (Å²) in [6.45, 7) is 1.03. The number of nitrogens with zero attached hydrogens (tertiary/aromatic N) is 1. The summed E-state index contributed by atoms with van der Waals surface area (Å²) in [4.78, 5) is 25.6. The van der Waals surface area contributed by atoms with Gasteiger partial charge in [0, 0.05) is 19.2 Å². The predicted octanol–water partition coefficient (Wildman–Crippen LogP) is 1.61. The number of methoxy groups -OCH3 is 2. The van der Waals surface area contributed by atoms with Crippen LogP contribution in [0.4, 0.5) is 0 Å². The third-order valence-electron chi connectivity index (χ3n) is 4.44. The van der Waals surface area contributed by atoms with E-state index in [1.165, 1.54) is 26.4 Å². The molecule has 0 saturated carbocycles. The lowest BCUT2D eigenvalue weighted by Gasteiger charge is -2.22. The molecule has 2 amide bonds. The minimum Gasteiger partial charge on any atom is -0.493 e. The maximum absolute atomic E-state index is 13.0. The summed E-state index contributed by atoms with van der Waals surface area (Å²) >= 11 is 0. The van der Waals surface area contributed by atoms with E-state index < -0.39 is 5.91 Å². The van der Waals surface area contributed by atoms with Crippen LogP contribution in [-0.4, -0.2) is 57.8 Å². The second-order valence-corrected chi connectivity index (χ2v) is 6.60. The van der Waals surface area contributed by atoms with Gasteiger partial charge in [-0.25, -0.2) is 0 Å². The van der Waals surface area contributed by atoms with Gasteiger partial charge in [-0.2, -0.15) is 0 Å². The number of amides is 2. The van der Waals surface area contributed by atoms with Crippen molar-refractivity contribution in [2.24, 2.45) is 5.73 Å². The molecule has 0 saturated heterocycles. The Morgan fingerprint density at radius 1 is 1.03 bits per heavy atom. The smallest absolute Gasteiger partial charge is 0.255 e. The molecule has 2 aromatic rings. The van der Waals surface area contributed by atoms with Gasteiger partial charge in [0.25, 0.3) is 11.8 Å². The molecule has 1 heterocycles. The van der Waals surface area contributed by atoms with E-state index in [1.54, 1.807) is 11.9 Å². The number of carbonyl (C=O) groups is 2. The van der Waals surface area contributed by atoms with Crippen LogP contribution >= 0.6 is 0 Å². The first-order chi connectivity index (χ1) is 14.4. The van der Waals surface area contributed by atoms with Gasteiger partial charge in [0.2, 0.25) is 5.75 Å². The van der Waals surface area contributed by atoms with Gasteiger partial charge in [0.05, 0.1) is 14.2 Å². The molecule has 1 aliphatic heterocycles. The highest BCUT2D eigenvalue weighted by Crippen LogP contribution is 2.39. The Kier molecular flexibility index (Phi) is 6.51. The lowest BCUT2D eigenvalue weighted by molar-refractivity contribution is -0.120. The minimum absolute atomic E-state index is 0.199. The molecule has 30 heavy (non-hydrogen) atoms. The van der Waals surface area contributed by atoms with Crippen molar-refractivity contribution in [2.75, 3.05) is 41.1 Å². The van der Waals surface area contributed by atoms with E-state index >= 15 is 0 Å². The maximum atomic E-state index is 13.0. The summed E-state index contributed by atoms with van der Waals surface area (Å²) in [6, 6.07) is 8.64. The highest BCUT2D eigenvalue weighted by atomic mass is 16.6. The lowest BCUT2D eigenvalue weighted by atomic mass is 10.1. The van der Waals surface area contributed by atoms with E-state index in [0.29, 0.717) is 36.8 Å². The van der Waals surface area contributed by atoms with Crippen molar-refractivity contribution in [3.05, 3.63) is 41.5 Å². The Bertz CT molecular complexity index is 920. The number of carbonyl (C=O) groups excluding carboxylic acids is 2. The summed E-state index contributed by atoms with van der Waals surface area (Å²) < 4.78 is 27.1. The second kappa shape index (κ2) is 9.25. The van der Waals surface area contributed by atoms with Crippen molar-refractivity contribution < 1.29 is 33.3 Å². The van der Waals surface area contributed by atoms with Crippen LogP contribution in [0.1, 0.15) is 15.9 Å². The van der Waals surface area contributed by atoms with Gasteiger partial charge in [-0.1, -0.05) is 6.07 Å². The number of benzene rings is 2. The fraction of sp³-hybridized carbons (Fsp3) is 0.333. The molecule has 0 bridgehead atoms. The Morgan fingerprint density at radius 3 is 2.27 bits per heavy atom. The molecule has 0 aliphatic carbocycles. The van der Waals surface area contributed by atoms with Gasteiger partial charge >= 0.3 is 0 Å². The van der Waals surface area contributed by atoms with Crippen molar-refractivity contribution in [3.8, 4) is 28.7 Å². The summed E-state index contributed by atoms with van der Waals surface area (Å²) in [5, 5.41) is 0. The molecule has 0 radical (unpaired) electrons. The summed E-state index contributed by atoms with van der Waals surface area (Å²) in [5.74, 6) is 1.18. The Labute approximate surface area is 174 Å². The molecule has 0 spiro atoms. The predicted molar refractivity (Wildman–Crippen MR) is 107 cm³/mol. The third kappa shape index (κ3) is 4.68. The first kappa shape index (κ1) is 21.1. The number of nitrogens with two attached hydrogens (primary N) is 1. The van der Waals surface area contributed by atoms with Crippen molar-refractivity contribution in [3.63, 3.8) is 0 Å². The van der Waals surface area contributed by atoms with E-state index in [9.17, 15) is 9.59 Å². The summed E-state index contributed by atoms with van der Waals surface area (Å²) in [6.07, 6.45) is 0. The van der Waals surface area contributed by atoms with Gasteiger partial charge in [-0.15, -0.1) is 0 Å². The first-order valence-corrected chi connectivity index (χ1v) is 9.24. The molecular weight excluding hydrogens is 392 g/mol. The highest BCUT2D eigenvalue weighted by molar-refractivity contribution is 5.95. The molecular formula is C21H24N2O7. The van der Waals surface area contributed by atoms with Gasteiger partial charge < -0.3 is 34.3 Å². The number of fused-ring (bicyclic) bond motifs is 1. The largest absolute Gasteiger partial charge is 0.493 e. The molecule has 2 N–H and O–H groups in total. The van der Waals surface area contributed by atoms with E-state index in [-0.39, 0.29) is 29.8 Å². The maximum Gasteiger partial charge on any atom is 0.255 e. The van der Waals surface area contributed by atoms with E-state index in [0.717, 1.165) is 5.56 Å². The third-order valence-corrected chi connectivity index (χ3v) is 4.44. The van der Waals surface area contributed by atoms with Crippen LogP contribution in [0.25, 0.3) is 0 Å². The zero-order valence-electron chi connectivity index (χ0n) is 17.1. The fourth-order valence-corrected chi connectivity index (χ4v) is 3.04.